The molecule has 1 aromatic heterocycles. The summed E-state index contributed by atoms with van der Waals surface area (Å²) in [6.07, 6.45) is 4.33. The number of benzene rings is 1. The maximum Gasteiger partial charge on any atom is 0.123 e. The van der Waals surface area contributed by atoms with Crippen molar-refractivity contribution in [1.29, 1.82) is 0 Å². The molecule has 3 rings (SSSR count). The Morgan fingerprint density at radius 1 is 1.38 bits per heavy atom. The van der Waals surface area contributed by atoms with Gasteiger partial charge in [-0.2, -0.15) is 5.10 Å². The van der Waals surface area contributed by atoms with Gasteiger partial charge in [-0.15, -0.1) is 0 Å². The zero-order chi connectivity index (χ0) is 14.7. The van der Waals surface area contributed by atoms with Crippen LogP contribution in [0.4, 0.5) is 4.39 Å². The van der Waals surface area contributed by atoms with Crippen LogP contribution < -0.4 is 5.32 Å². The Kier molecular flexibility index (Phi) is 4.31. The quantitative estimate of drug-likeness (QED) is 0.908. The second-order valence-electron chi connectivity index (χ2n) is 5.64. The number of hydrogen-bond donors (Lipinski definition) is 2. The van der Waals surface area contributed by atoms with E-state index in [2.05, 4.69) is 20.4 Å². The third-order valence-electron chi connectivity index (χ3n) is 4.16. The normalized spacial score (nSPS) is 19.8. The lowest BCUT2D eigenvalue weighted by Crippen LogP contribution is -2.43. The van der Waals surface area contributed by atoms with Crippen LogP contribution in [0.3, 0.4) is 0 Å². The summed E-state index contributed by atoms with van der Waals surface area (Å²) in [5.74, 6) is -0.215. The number of nitrogens with zero attached hydrogens (tertiary/aromatic N) is 2. The number of rotatable bonds is 4. The monoisotopic (exact) mass is 288 g/mol. The molecular weight excluding hydrogens is 267 g/mol. The number of aromatic amines is 1. The van der Waals surface area contributed by atoms with Crippen LogP contribution >= 0.6 is 0 Å². The number of piperidine rings is 1. The Morgan fingerprint density at radius 2 is 2.19 bits per heavy atom. The summed E-state index contributed by atoms with van der Waals surface area (Å²) in [5.41, 5.74) is 3.13. The number of likely N-dealkylation sites (N-methyl/N-ethyl adjacent to an activating group) is 1. The third-order valence-corrected chi connectivity index (χ3v) is 4.16. The number of H-pyrrole nitrogens is 1. The summed E-state index contributed by atoms with van der Waals surface area (Å²) < 4.78 is 13.0. The lowest BCUT2D eigenvalue weighted by molar-refractivity contribution is 0.188. The predicted octanol–water partition coefficient (Wildman–Crippen LogP) is 2.40. The molecule has 0 radical (unpaired) electrons. The van der Waals surface area contributed by atoms with Gasteiger partial charge in [0.15, 0.2) is 0 Å². The number of nitrogens with one attached hydrogen (secondary N) is 2. The van der Waals surface area contributed by atoms with Crippen molar-refractivity contribution in [2.24, 2.45) is 0 Å². The van der Waals surface area contributed by atoms with Crippen LogP contribution in [0.15, 0.2) is 30.5 Å². The van der Waals surface area contributed by atoms with Gasteiger partial charge in [-0.25, -0.2) is 4.39 Å². The zero-order valence-corrected chi connectivity index (χ0v) is 12.3. The largest absolute Gasteiger partial charge is 0.316 e. The number of aromatic nitrogens is 2. The van der Waals surface area contributed by atoms with E-state index < -0.39 is 0 Å². The molecule has 0 bridgehead atoms. The van der Waals surface area contributed by atoms with Crippen molar-refractivity contribution in [1.82, 2.24) is 20.4 Å². The molecule has 4 nitrogen and oxygen atoms in total. The predicted molar refractivity (Wildman–Crippen MR) is 81.3 cm³/mol. The van der Waals surface area contributed by atoms with Gasteiger partial charge in [0.05, 0.1) is 11.9 Å². The molecule has 1 saturated heterocycles. The molecule has 1 fully saturated rings. The van der Waals surface area contributed by atoms with Gasteiger partial charge in [0.25, 0.3) is 0 Å². The van der Waals surface area contributed by atoms with E-state index in [0.717, 1.165) is 30.9 Å². The lowest BCUT2D eigenvalue weighted by Gasteiger charge is -2.32. The summed E-state index contributed by atoms with van der Waals surface area (Å²) >= 11 is 0. The average molecular weight is 288 g/mol. The van der Waals surface area contributed by atoms with Gasteiger partial charge >= 0.3 is 0 Å². The Bertz CT molecular complexity index is 578. The molecule has 0 aliphatic carbocycles. The summed E-state index contributed by atoms with van der Waals surface area (Å²) in [4.78, 5) is 2.45. The van der Waals surface area contributed by atoms with E-state index in [4.69, 9.17) is 0 Å². The molecule has 2 N–H and O–H groups in total. The first-order valence-electron chi connectivity index (χ1n) is 7.44. The highest BCUT2D eigenvalue weighted by molar-refractivity contribution is 5.62. The molecule has 21 heavy (non-hydrogen) atoms. The van der Waals surface area contributed by atoms with Crippen LogP contribution in [0.25, 0.3) is 11.3 Å². The van der Waals surface area contributed by atoms with Crippen LogP contribution in [-0.4, -0.2) is 41.3 Å². The Balaban J connectivity index is 1.75. The molecule has 1 unspecified atom stereocenters. The maximum absolute atomic E-state index is 13.0. The summed E-state index contributed by atoms with van der Waals surface area (Å²) in [5, 5.41) is 10.6. The molecule has 2 aromatic rings. The number of hydrogen-bond acceptors (Lipinski definition) is 3. The van der Waals surface area contributed by atoms with Crippen molar-refractivity contribution in [3.05, 3.63) is 41.8 Å². The van der Waals surface area contributed by atoms with Crippen molar-refractivity contribution < 1.29 is 4.39 Å². The first-order chi connectivity index (χ1) is 10.3. The van der Waals surface area contributed by atoms with Crippen LogP contribution in [0.5, 0.6) is 0 Å². The fraction of sp³-hybridized carbons (Fsp3) is 0.438. The van der Waals surface area contributed by atoms with Crippen LogP contribution in [-0.2, 0) is 6.54 Å². The standard InChI is InChI=1S/C16H21FN4/c1-18-15-3-2-8-21(11-15)10-13-9-19-20-16(13)12-4-6-14(17)7-5-12/h4-7,9,15,18H,2-3,8,10-11H2,1H3,(H,19,20). The number of likely N-dealkylation sites (tertiary alicyclic amines) is 1. The molecule has 112 valence electrons. The van der Waals surface area contributed by atoms with Gasteiger partial charge in [0, 0.05) is 30.3 Å². The van der Waals surface area contributed by atoms with Gasteiger partial charge in [0.1, 0.15) is 5.82 Å². The van der Waals surface area contributed by atoms with Crippen LogP contribution in [0.2, 0.25) is 0 Å². The Labute approximate surface area is 124 Å². The summed E-state index contributed by atoms with van der Waals surface area (Å²) in [6, 6.07) is 7.12. The molecule has 1 aromatic carbocycles. The lowest BCUT2D eigenvalue weighted by atomic mass is 10.0. The van der Waals surface area contributed by atoms with E-state index in [1.54, 1.807) is 12.1 Å². The van der Waals surface area contributed by atoms with Crippen LogP contribution in [0.1, 0.15) is 18.4 Å². The molecule has 2 heterocycles. The van der Waals surface area contributed by atoms with Crippen LogP contribution in [0, 0.1) is 5.82 Å². The molecule has 5 heteroatoms. The van der Waals surface area contributed by atoms with E-state index >= 15 is 0 Å². The molecule has 1 atom stereocenters. The number of halogens is 1. The Morgan fingerprint density at radius 3 is 2.95 bits per heavy atom. The van der Waals surface area contributed by atoms with Gasteiger partial charge < -0.3 is 5.32 Å². The third kappa shape index (κ3) is 3.31. The summed E-state index contributed by atoms with van der Waals surface area (Å²) in [6.45, 7) is 3.05. The van der Waals surface area contributed by atoms with E-state index in [1.165, 1.54) is 30.5 Å². The van der Waals surface area contributed by atoms with Crippen molar-refractivity contribution >= 4 is 0 Å². The van der Waals surface area contributed by atoms with Crippen molar-refractivity contribution in [2.75, 3.05) is 20.1 Å². The first kappa shape index (κ1) is 14.2. The molecule has 0 saturated carbocycles. The molecular formula is C16H21FN4. The highest BCUT2D eigenvalue weighted by atomic mass is 19.1. The van der Waals surface area contributed by atoms with Gasteiger partial charge in [0.2, 0.25) is 0 Å². The second kappa shape index (κ2) is 6.37. The van der Waals surface area contributed by atoms with Crippen molar-refractivity contribution in [3.63, 3.8) is 0 Å². The average Bonchev–Trinajstić information content (AvgIpc) is 2.96. The minimum Gasteiger partial charge on any atom is -0.316 e. The fourth-order valence-corrected chi connectivity index (χ4v) is 2.97. The molecule has 1 aliphatic heterocycles. The van der Waals surface area contributed by atoms with E-state index in [0.29, 0.717) is 6.04 Å². The van der Waals surface area contributed by atoms with E-state index in [-0.39, 0.29) is 5.82 Å². The van der Waals surface area contributed by atoms with E-state index in [9.17, 15) is 4.39 Å². The highest BCUT2D eigenvalue weighted by Crippen LogP contribution is 2.23. The van der Waals surface area contributed by atoms with Gasteiger partial charge in [-0.1, -0.05) is 0 Å². The Hall–Kier alpha value is -1.72. The van der Waals surface area contributed by atoms with Crippen molar-refractivity contribution in [2.45, 2.75) is 25.4 Å². The molecule has 0 spiro atoms. The van der Waals surface area contributed by atoms with Gasteiger partial charge in [-0.3, -0.25) is 10.00 Å². The summed E-state index contributed by atoms with van der Waals surface area (Å²) in [7, 11) is 2.02. The van der Waals surface area contributed by atoms with Gasteiger partial charge in [-0.05, 0) is 50.7 Å². The topological polar surface area (TPSA) is 44.0 Å². The first-order valence-corrected chi connectivity index (χ1v) is 7.44. The minimum atomic E-state index is -0.215. The molecule has 0 amide bonds. The van der Waals surface area contributed by atoms with E-state index in [1.807, 2.05) is 13.2 Å². The van der Waals surface area contributed by atoms with Crippen molar-refractivity contribution in [3.8, 4) is 11.3 Å². The fourth-order valence-electron chi connectivity index (χ4n) is 2.97. The second-order valence-corrected chi connectivity index (χ2v) is 5.64. The minimum absolute atomic E-state index is 0.215. The zero-order valence-electron chi connectivity index (χ0n) is 12.3. The SMILES string of the molecule is CNC1CCCN(Cc2cn[nH]c2-c2ccc(F)cc2)C1. The smallest absolute Gasteiger partial charge is 0.123 e. The maximum atomic E-state index is 13.0. The highest BCUT2D eigenvalue weighted by Gasteiger charge is 2.20. The molecule has 1 aliphatic rings.